The van der Waals surface area contributed by atoms with Crippen molar-refractivity contribution in [2.24, 2.45) is 5.92 Å². The Morgan fingerprint density at radius 2 is 2.38 bits per heavy atom. The van der Waals surface area contributed by atoms with Crippen molar-refractivity contribution in [2.45, 2.75) is 18.8 Å². The van der Waals surface area contributed by atoms with Crippen LogP contribution in [0.15, 0.2) is 24.3 Å². The number of aliphatic hydroxyl groups excluding tert-OH is 1. The summed E-state index contributed by atoms with van der Waals surface area (Å²) >= 11 is 5.91. The van der Waals surface area contributed by atoms with E-state index < -0.39 is 0 Å². The first-order valence-electron chi connectivity index (χ1n) is 4.54. The molecule has 0 radical (unpaired) electrons. The number of halogens is 1. The molecule has 2 atom stereocenters. The SMILES string of the molecule is CC1(c2cccc(Cl)c2)CC1CO. The van der Waals surface area contributed by atoms with Gasteiger partial charge in [-0.3, -0.25) is 0 Å². The van der Waals surface area contributed by atoms with Crippen LogP contribution in [0.2, 0.25) is 5.02 Å². The third-order valence-electron chi connectivity index (χ3n) is 3.12. The summed E-state index contributed by atoms with van der Waals surface area (Å²) in [5.41, 5.74) is 1.42. The lowest BCUT2D eigenvalue weighted by Crippen LogP contribution is -2.06. The Morgan fingerprint density at radius 1 is 1.62 bits per heavy atom. The van der Waals surface area contributed by atoms with Crippen molar-refractivity contribution in [1.29, 1.82) is 0 Å². The summed E-state index contributed by atoms with van der Waals surface area (Å²) in [6.07, 6.45) is 1.07. The molecule has 2 unspecified atom stereocenters. The lowest BCUT2D eigenvalue weighted by Gasteiger charge is -2.10. The highest BCUT2D eigenvalue weighted by Crippen LogP contribution is 2.53. The molecule has 1 fully saturated rings. The van der Waals surface area contributed by atoms with Crippen LogP contribution >= 0.6 is 11.6 Å². The van der Waals surface area contributed by atoms with Crippen LogP contribution in [0, 0.1) is 5.92 Å². The van der Waals surface area contributed by atoms with Gasteiger partial charge in [-0.05, 0) is 35.4 Å². The molecule has 0 heterocycles. The molecule has 2 heteroatoms. The van der Waals surface area contributed by atoms with Crippen LogP contribution < -0.4 is 0 Å². The van der Waals surface area contributed by atoms with Crippen molar-refractivity contribution < 1.29 is 5.11 Å². The van der Waals surface area contributed by atoms with Crippen molar-refractivity contribution in [3.63, 3.8) is 0 Å². The van der Waals surface area contributed by atoms with E-state index in [1.54, 1.807) is 0 Å². The zero-order valence-electron chi connectivity index (χ0n) is 7.63. The normalized spacial score (nSPS) is 31.8. The predicted molar refractivity (Wildman–Crippen MR) is 54.0 cm³/mol. The number of hydrogen-bond donors (Lipinski definition) is 1. The number of aliphatic hydroxyl groups is 1. The third kappa shape index (κ3) is 1.47. The Balaban J connectivity index is 2.27. The predicted octanol–water partition coefficient (Wildman–Crippen LogP) is 2.61. The van der Waals surface area contributed by atoms with Crippen LogP contribution in [-0.2, 0) is 5.41 Å². The monoisotopic (exact) mass is 196 g/mol. The minimum atomic E-state index is 0.166. The fourth-order valence-corrected chi connectivity index (χ4v) is 2.11. The lowest BCUT2D eigenvalue weighted by molar-refractivity contribution is 0.265. The smallest absolute Gasteiger partial charge is 0.0468 e. The maximum absolute atomic E-state index is 9.04. The molecule has 70 valence electrons. The zero-order valence-corrected chi connectivity index (χ0v) is 8.38. The van der Waals surface area contributed by atoms with E-state index in [-0.39, 0.29) is 12.0 Å². The van der Waals surface area contributed by atoms with Crippen LogP contribution in [0.1, 0.15) is 18.9 Å². The minimum absolute atomic E-state index is 0.166. The van der Waals surface area contributed by atoms with E-state index in [4.69, 9.17) is 16.7 Å². The van der Waals surface area contributed by atoms with E-state index in [0.717, 1.165) is 11.4 Å². The summed E-state index contributed by atoms with van der Waals surface area (Å²) in [5.74, 6) is 0.422. The standard InChI is InChI=1S/C11H13ClO/c1-11(6-9(11)7-13)8-3-2-4-10(12)5-8/h2-5,9,13H,6-7H2,1H3. The summed E-state index contributed by atoms with van der Waals surface area (Å²) in [5, 5.41) is 9.82. The van der Waals surface area contributed by atoms with Gasteiger partial charge in [0, 0.05) is 11.6 Å². The van der Waals surface area contributed by atoms with Gasteiger partial charge in [-0.15, -0.1) is 0 Å². The maximum Gasteiger partial charge on any atom is 0.0468 e. The number of benzene rings is 1. The van der Waals surface area contributed by atoms with Crippen molar-refractivity contribution >= 4 is 11.6 Å². The summed E-state index contributed by atoms with van der Waals surface area (Å²) < 4.78 is 0. The molecule has 2 rings (SSSR count). The molecule has 1 aromatic carbocycles. The molecule has 0 aliphatic heterocycles. The minimum Gasteiger partial charge on any atom is -0.396 e. The highest BCUT2D eigenvalue weighted by atomic mass is 35.5. The first kappa shape index (κ1) is 9.04. The summed E-state index contributed by atoms with van der Waals surface area (Å²) in [6, 6.07) is 7.93. The highest BCUT2D eigenvalue weighted by molar-refractivity contribution is 6.30. The Kier molecular flexibility index (Phi) is 2.09. The van der Waals surface area contributed by atoms with E-state index in [1.807, 2.05) is 18.2 Å². The van der Waals surface area contributed by atoms with E-state index in [2.05, 4.69) is 13.0 Å². The Bertz CT molecular complexity index is 324. The van der Waals surface area contributed by atoms with Crippen LogP contribution in [-0.4, -0.2) is 11.7 Å². The quantitative estimate of drug-likeness (QED) is 0.771. The van der Waals surface area contributed by atoms with Gasteiger partial charge in [-0.2, -0.15) is 0 Å². The van der Waals surface area contributed by atoms with Crippen molar-refractivity contribution in [3.05, 3.63) is 34.9 Å². The first-order valence-corrected chi connectivity index (χ1v) is 4.91. The molecule has 0 saturated heterocycles. The second kappa shape index (κ2) is 3.00. The number of hydrogen-bond acceptors (Lipinski definition) is 1. The topological polar surface area (TPSA) is 20.2 Å². The largest absolute Gasteiger partial charge is 0.396 e. The van der Waals surface area contributed by atoms with Crippen LogP contribution in [0.25, 0.3) is 0 Å². The van der Waals surface area contributed by atoms with Gasteiger partial charge >= 0.3 is 0 Å². The molecule has 1 saturated carbocycles. The molecule has 13 heavy (non-hydrogen) atoms. The average molecular weight is 197 g/mol. The second-order valence-electron chi connectivity index (χ2n) is 4.01. The third-order valence-corrected chi connectivity index (χ3v) is 3.35. The summed E-state index contributed by atoms with van der Waals surface area (Å²) in [7, 11) is 0. The van der Waals surface area contributed by atoms with Crippen LogP contribution in [0.5, 0.6) is 0 Å². The van der Waals surface area contributed by atoms with Crippen molar-refractivity contribution in [3.8, 4) is 0 Å². The molecule has 0 bridgehead atoms. The van der Waals surface area contributed by atoms with Gasteiger partial charge in [-0.25, -0.2) is 0 Å². The van der Waals surface area contributed by atoms with Gasteiger partial charge in [0.25, 0.3) is 0 Å². The van der Waals surface area contributed by atoms with E-state index in [9.17, 15) is 0 Å². The van der Waals surface area contributed by atoms with Gasteiger partial charge in [0.2, 0.25) is 0 Å². The van der Waals surface area contributed by atoms with Gasteiger partial charge in [0.05, 0.1) is 0 Å². The zero-order chi connectivity index (χ0) is 9.47. The van der Waals surface area contributed by atoms with Crippen molar-refractivity contribution in [2.75, 3.05) is 6.61 Å². The summed E-state index contributed by atoms with van der Waals surface area (Å²) in [4.78, 5) is 0. The molecule has 0 amide bonds. The Hall–Kier alpha value is -0.530. The molecule has 1 aliphatic carbocycles. The van der Waals surface area contributed by atoms with Gasteiger partial charge in [-0.1, -0.05) is 30.7 Å². The lowest BCUT2D eigenvalue weighted by atomic mass is 9.96. The van der Waals surface area contributed by atoms with Crippen LogP contribution in [0.4, 0.5) is 0 Å². The van der Waals surface area contributed by atoms with Crippen molar-refractivity contribution in [1.82, 2.24) is 0 Å². The molecule has 1 nitrogen and oxygen atoms in total. The van der Waals surface area contributed by atoms with E-state index in [1.165, 1.54) is 5.56 Å². The van der Waals surface area contributed by atoms with Gasteiger partial charge in [0.15, 0.2) is 0 Å². The molecular formula is C11H13ClO. The second-order valence-corrected chi connectivity index (χ2v) is 4.45. The molecule has 1 N–H and O–H groups in total. The molecule has 1 aliphatic rings. The molecule has 0 aromatic heterocycles. The van der Waals surface area contributed by atoms with E-state index in [0.29, 0.717) is 5.92 Å². The van der Waals surface area contributed by atoms with Crippen LogP contribution in [0.3, 0.4) is 0 Å². The molecule has 1 aromatic rings. The molecule has 0 spiro atoms. The average Bonchev–Trinajstić information content (AvgIpc) is 2.79. The fraction of sp³-hybridized carbons (Fsp3) is 0.455. The molecular weight excluding hydrogens is 184 g/mol. The Labute approximate surface area is 83.3 Å². The van der Waals surface area contributed by atoms with Gasteiger partial charge < -0.3 is 5.11 Å². The first-order chi connectivity index (χ1) is 6.16. The van der Waals surface area contributed by atoms with E-state index >= 15 is 0 Å². The highest BCUT2D eigenvalue weighted by Gasteiger charge is 2.50. The van der Waals surface area contributed by atoms with Gasteiger partial charge in [0.1, 0.15) is 0 Å². The maximum atomic E-state index is 9.04. The number of rotatable bonds is 2. The summed E-state index contributed by atoms with van der Waals surface area (Å²) in [6.45, 7) is 2.46. The Morgan fingerprint density at radius 3 is 2.92 bits per heavy atom. The fourth-order valence-electron chi connectivity index (χ4n) is 1.92.